The number of fused-ring (bicyclic) bond motifs is 2. The zero-order valence-electron chi connectivity index (χ0n) is 18.0. The first-order valence-corrected chi connectivity index (χ1v) is 11.5. The van der Waals surface area contributed by atoms with E-state index in [2.05, 4.69) is 19.9 Å². The molecule has 0 aromatic carbocycles. The maximum atomic E-state index is 11.0. The van der Waals surface area contributed by atoms with Crippen LogP contribution in [0, 0.1) is 23.7 Å². The molecule has 164 valence electrons. The molecule has 6 atom stereocenters. The van der Waals surface area contributed by atoms with Crippen LogP contribution in [0.4, 0.5) is 0 Å². The van der Waals surface area contributed by atoms with Crippen molar-refractivity contribution in [2.45, 2.75) is 90.3 Å². The number of unbranched alkanes of at least 4 members (excludes halogenated alkanes) is 2. The molecule has 0 amide bonds. The third-order valence-corrected chi connectivity index (χ3v) is 7.29. The van der Waals surface area contributed by atoms with Crippen LogP contribution in [0.15, 0.2) is 23.0 Å². The van der Waals surface area contributed by atoms with Gasteiger partial charge in [-0.05, 0) is 73.8 Å². The molecule has 0 saturated heterocycles. The number of aliphatic hydroxyl groups is 2. The Labute approximate surface area is 174 Å². The molecule has 3 aliphatic carbocycles. The van der Waals surface area contributed by atoms with Crippen LogP contribution >= 0.6 is 0 Å². The Morgan fingerprint density at radius 1 is 1.28 bits per heavy atom. The number of ether oxygens (including phenoxy) is 1. The molecule has 0 aromatic heterocycles. The van der Waals surface area contributed by atoms with Crippen molar-refractivity contribution in [3.05, 3.63) is 23.0 Å². The van der Waals surface area contributed by atoms with Gasteiger partial charge in [-0.15, -0.1) is 0 Å². The maximum Gasteiger partial charge on any atom is 0.341 e. The van der Waals surface area contributed by atoms with E-state index in [1.54, 1.807) is 0 Å². The topological polar surface area (TPSA) is 87.0 Å². The maximum absolute atomic E-state index is 11.0. The summed E-state index contributed by atoms with van der Waals surface area (Å²) in [6.45, 7) is 3.98. The van der Waals surface area contributed by atoms with Gasteiger partial charge in [0, 0.05) is 5.92 Å². The Bertz CT molecular complexity index is 637. The Morgan fingerprint density at radius 3 is 2.79 bits per heavy atom. The minimum absolute atomic E-state index is 0.213. The highest BCUT2D eigenvalue weighted by molar-refractivity contribution is 5.68. The predicted molar refractivity (Wildman–Crippen MR) is 112 cm³/mol. The summed E-state index contributed by atoms with van der Waals surface area (Å²) in [6.07, 6.45) is 11.2. The summed E-state index contributed by atoms with van der Waals surface area (Å²) in [5, 5.41) is 30.1. The van der Waals surface area contributed by atoms with E-state index in [1.165, 1.54) is 24.0 Å². The zero-order valence-corrected chi connectivity index (χ0v) is 18.0. The lowest BCUT2D eigenvalue weighted by Gasteiger charge is -2.37. The number of carbonyl (C=O) groups is 1. The smallest absolute Gasteiger partial charge is 0.341 e. The normalized spacial score (nSPS) is 32.4. The first-order chi connectivity index (χ1) is 13.9. The molecule has 5 heteroatoms. The van der Waals surface area contributed by atoms with Crippen molar-refractivity contribution in [2.24, 2.45) is 23.7 Å². The first kappa shape index (κ1) is 22.4. The Balaban J connectivity index is 1.64. The van der Waals surface area contributed by atoms with E-state index in [9.17, 15) is 15.0 Å². The summed E-state index contributed by atoms with van der Waals surface area (Å²) in [5.74, 6) is 1.26. The number of carboxylic acids is 1. The molecule has 0 spiro atoms. The van der Waals surface area contributed by atoms with Gasteiger partial charge < -0.3 is 20.1 Å². The molecule has 0 heterocycles. The molecule has 3 aliphatic rings. The van der Waals surface area contributed by atoms with Crippen molar-refractivity contribution in [3.63, 3.8) is 0 Å². The largest absolute Gasteiger partial charge is 0.486 e. The summed E-state index contributed by atoms with van der Waals surface area (Å²) in [5.41, 5.74) is 2.49. The van der Waals surface area contributed by atoms with Crippen molar-refractivity contribution in [1.29, 1.82) is 0 Å². The van der Waals surface area contributed by atoms with Crippen molar-refractivity contribution in [3.8, 4) is 0 Å². The van der Waals surface area contributed by atoms with Gasteiger partial charge in [0.15, 0.2) is 6.61 Å². The molecule has 0 bridgehead atoms. The lowest BCUT2D eigenvalue weighted by molar-refractivity contribution is -0.141. The molecule has 0 radical (unpaired) electrons. The monoisotopic (exact) mass is 406 g/mol. The van der Waals surface area contributed by atoms with Crippen LogP contribution in [0.5, 0.6) is 0 Å². The minimum Gasteiger partial charge on any atom is -0.486 e. The van der Waals surface area contributed by atoms with Gasteiger partial charge in [0.25, 0.3) is 0 Å². The fraction of sp³-hybridized carbons (Fsp3) is 0.792. The van der Waals surface area contributed by atoms with Crippen molar-refractivity contribution in [1.82, 2.24) is 0 Å². The number of hydrogen-bond acceptors (Lipinski definition) is 4. The van der Waals surface area contributed by atoms with Gasteiger partial charge in [-0.1, -0.05) is 39.2 Å². The Kier molecular flexibility index (Phi) is 7.80. The lowest BCUT2D eigenvalue weighted by Crippen LogP contribution is -2.28. The summed E-state index contributed by atoms with van der Waals surface area (Å²) in [7, 11) is 0. The minimum atomic E-state index is -0.941. The predicted octanol–water partition coefficient (Wildman–Crippen LogP) is 4.44. The summed E-state index contributed by atoms with van der Waals surface area (Å²) >= 11 is 0. The third-order valence-electron chi connectivity index (χ3n) is 7.29. The van der Waals surface area contributed by atoms with Crippen molar-refractivity contribution in [2.75, 3.05) is 6.61 Å². The van der Waals surface area contributed by atoms with Crippen LogP contribution < -0.4 is 0 Å². The van der Waals surface area contributed by atoms with Gasteiger partial charge in [0.05, 0.1) is 12.2 Å². The Morgan fingerprint density at radius 2 is 2.07 bits per heavy atom. The zero-order chi connectivity index (χ0) is 21.0. The van der Waals surface area contributed by atoms with Gasteiger partial charge in [0.1, 0.15) is 5.76 Å². The van der Waals surface area contributed by atoms with Gasteiger partial charge in [-0.2, -0.15) is 0 Å². The summed E-state index contributed by atoms with van der Waals surface area (Å²) in [6, 6.07) is 0. The standard InChI is InChI=1S/C24H38O5/c1-3-4-5-6-18(25)9-10-19-20-11-16-8-7-15(2)24(29-14-23(27)28)21(16)12-17(20)13-22(19)26/h8,15,17-20,22,25-26H,3-7,9-14H2,1-2H3,(H,27,28)/t15?,17-,18+,19+,20-,22+/m0/s1. The van der Waals surface area contributed by atoms with Crippen LogP contribution in [0.2, 0.25) is 0 Å². The molecule has 2 fully saturated rings. The van der Waals surface area contributed by atoms with Crippen molar-refractivity contribution < 1.29 is 24.9 Å². The highest BCUT2D eigenvalue weighted by Gasteiger charge is 2.46. The highest BCUT2D eigenvalue weighted by atomic mass is 16.5. The van der Waals surface area contributed by atoms with Crippen LogP contribution in [0.25, 0.3) is 0 Å². The van der Waals surface area contributed by atoms with Crippen LogP contribution in [0.3, 0.4) is 0 Å². The van der Waals surface area contributed by atoms with E-state index in [4.69, 9.17) is 9.84 Å². The van der Waals surface area contributed by atoms with E-state index in [1.807, 2.05) is 0 Å². The molecule has 29 heavy (non-hydrogen) atoms. The second kappa shape index (κ2) is 10.1. The van der Waals surface area contributed by atoms with E-state index in [0.29, 0.717) is 11.8 Å². The van der Waals surface area contributed by atoms with Crippen molar-refractivity contribution >= 4 is 5.97 Å². The number of aliphatic carboxylic acids is 1. The number of rotatable bonds is 10. The molecule has 5 nitrogen and oxygen atoms in total. The fourth-order valence-electron chi connectivity index (χ4n) is 5.74. The van der Waals surface area contributed by atoms with E-state index in [0.717, 1.165) is 57.1 Å². The van der Waals surface area contributed by atoms with Crippen LogP contribution in [-0.2, 0) is 9.53 Å². The average molecular weight is 407 g/mol. The second-order valence-corrected chi connectivity index (χ2v) is 9.42. The quantitative estimate of drug-likeness (QED) is 0.467. The number of allylic oxidation sites excluding steroid dienone is 4. The Hall–Kier alpha value is -1.33. The molecule has 0 aliphatic heterocycles. The SMILES string of the molecule is CCCCC[C@@H](O)CC[C@@H]1[C@H]2CC3=CCC(C)C(OCC(=O)O)=C3C[C@H]2C[C@H]1O. The fourth-order valence-corrected chi connectivity index (χ4v) is 5.74. The van der Waals surface area contributed by atoms with Gasteiger partial charge in [-0.25, -0.2) is 4.79 Å². The van der Waals surface area contributed by atoms with E-state index in [-0.39, 0.29) is 30.7 Å². The highest BCUT2D eigenvalue weighted by Crippen LogP contribution is 2.53. The molecular formula is C24H38O5. The van der Waals surface area contributed by atoms with E-state index >= 15 is 0 Å². The van der Waals surface area contributed by atoms with Gasteiger partial charge in [0.2, 0.25) is 0 Å². The van der Waals surface area contributed by atoms with Crippen LogP contribution in [0.1, 0.15) is 78.1 Å². The molecule has 2 saturated carbocycles. The summed E-state index contributed by atoms with van der Waals surface area (Å²) < 4.78 is 5.70. The van der Waals surface area contributed by atoms with Gasteiger partial charge in [-0.3, -0.25) is 0 Å². The molecule has 1 unspecified atom stereocenters. The second-order valence-electron chi connectivity index (χ2n) is 9.42. The average Bonchev–Trinajstić information content (AvgIpc) is 2.98. The number of aliphatic hydroxyl groups excluding tert-OH is 2. The molecule has 0 aromatic rings. The van der Waals surface area contributed by atoms with E-state index < -0.39 is 5.97 Å². The molecular weight excluding hydrogens is 368 g/mol. The lowest BCUT2D eigenvalue weighted by atomic mass is 9.69. The summed E-state index contributed by atoms with van der Waals surface area (Å²) in [4.78, 5) is 11.0. The van der Waals surface area contributed by atoms with Gasteiger partial charge >= 0.3 is 5.97 Å². The van der Waals surface area contributed by atoms with Crippen LogP contribution in [-0.4, -0.2) is 40.1 Å². The molecule has 3 rings (SSSR count). The molecule has 3 N–H and O–H groups in total. The first-order valence-electron chi connectivity index (χ1n) is 11.5. The number of carboxylic acid groups (broad SMARTS) is 1. The third kappa shape index (κ3) is 5.43. The number of hydrogen-bond donors (Lipinski definition) is 3.